The lowest BCUT2D eigenvalue weighted by Crippen LogP contribution is -2.45. The van der Waals surface area contributed by atoms with E-state index < -0.39 is 12.1 Å². The summed E-state index contributed by atoms with van der Waals surface area (Å²) in [6, 6.07) is -0.525. The molecule has 2 atom stereocenters. The Morgan fingerprint density at radius 3 is 1.25 bits per heavy atom. The van der Waals surface area contributed by atoms with Crippen LogP contribution in [0.2, 0.25) is 0 Å². The van der Waals surface area contributed by atoms with E-state index >= 15 is 0 Å². The summed E-state index contributed by atoms with van der Waals surface area (Å²) in [5.74, 6) is -0.0323. The van der Waals surface area contributed by atoms with Gasteiger partial charge in [0.15, 0.2) is 0 Å². The molecule has 36 heavy (non-hydrogen) atoms. The lowest BCUT2D eigenvalue weighted by molar-refractivity contribution is -0.123. The van der Waals surface area contributed by atoms with Crippen molar-refractivity contribution >= 4 is 5.91 Å². The molecule has 0 fully saturated rings. The number of aliphatic hydroxyl groups excluding tert-OH is 2. The summed E-state index contributed by atoms with van der Waals surface area (Å²) in [6.07, 6.45) is 31.4. The van der Waals surface area contributed by atoms with Gasteiger partial charge in [-0.3, -0.25) is 4.79 Å². The number of aliphatic hydroxyl groups is 2. The van der Waals surface area contributed by atoms with Gasteiger partial charge in [0.2, 0.25) is 5.91 Å². The Kier molecular flexibility index (Phi) is 28.5. The standard InChI is InChI=1S/C32H65NO3/c1-3-5-7-9-11-13-15-16-17-18-20-22-24-26-28-32(36)33-30(29-34)31(35)27-25-23-21-19-14-12-10-8-6-4-2/h30-31,34-35H,3-29H2,1-2H3,(H,33,36). The average molecular weight is 512 g/mol. The SMILES string of the molecule is CCCCCCCCCCCCCCCCC(=O)NC(CO)C(O)CCCCCCCCCCCC. The zero-order valence-corrected chi connectivity index (χ0v) is 24.5. The molecule has 1 amide bonds. The first kappa shape index (κ1) is 35.4. The van der Waals surface area contributed by atoms with Gasteiger partial charge in [-0.1, -0.05) is 162 Å². The molecule has 216 valence electrons. The van der Waals surface area contributed by atoms with Crippen molar-refractivity contribution < 1.29 is 15.0 Å². The Labute approximate surface area is 225 Å². The number of hydrogen-bond donors (Lipinski definition) is 3. The van der Waals surface area contributed by atoms with E-state index in [9.17, 15) is 15.0 Å². The predicted molar refractivity (Wildman–Crippen MR) is 156 cm³/mol. The Bertz CT molecular complexity index is 443. The highest BCUT2D eigenvalue weighted by atomic mass is 16.3. The van der Waals surface area contributed by atoms with Gasteiger partial charge in [0.25, 0.3) is 0 Å². The normalized spacial score (nSPS) is 13.1. The predicted octanol–water partition coefficient (Wildman–Crippen LogP) is 9.01. The minimum absolute atomic E-state index is 0.0323. The molecule has 2 unspecified atom stereocenters. The molecule has 0 aromatic heterocycles. The maximum Gasteiger partial charge on any atom is 0.220 e. The monoisotopic (exact) mass is 511 g/mol. The summed E-state index contributed by atoms with van der Waals surface area (Å²) < 4.78 is 0. The number of unbranched alkanes of at least 4 members (excludes halogenated alkanes) is 22. The van der Waals surface area contributed by atoms with Crippen molar-refractivity contribution in [1.29, 1.82) is 0 Å². The van der Waals surface area contributed by atoms with Crippen LogP contribution in [0.15, 0.2) is 0 Å². The van der Waals surface area contributed by atoms with E-state index in [0.29, 0.717) is 12.8 Å². The molecule has 0 rings (SSSR count). The summed E-state index contributed by atoms with van der Waals surface area (Å²) in [5, 5.41) is 22.9. The van der Waals surface area contributed by atoms with E-state index in [1.165, 1.54) is 128 Å². The number of carbonyl (C=O) groups excluding carboxylic acids is 1. The van der Waals surface area contributed by atoms with Crippen molar-refractivity contribution in [3.63, 3.8) is 0 Å². The molecule has 0 aromatic carbocycles. The topological polar surface area (TPSA) is 69.6 Å². The summed E-state index contributed by atoms with van der Waals surface area (Å²) in [7, 11) is 0. The van der Waals surface area contributed by atoms with E-state index in [1.54, 1.807) is 0 Å². The molecule has 0 aromatic rings. The molecule has 0 bridgehead atoms. The van der Waals surface area contributed by atoms with Crippen molar-refractivity contribution in [3.8, 4) is 0 Å². The molecule has 0 heterocycles. The minimum atomic E-state index is -0.649. The van der Waals surface area contributed by atoms with Crippen LogP contribution in [-0.2, 0) is 4.79 Å². The highest BCUT2D eigenvalue weighted by Gasteiger charge is 2.19. The third kappa shape index (κ3) is 25.1. The van der Waals surface area contributed by atoms with Crippen molar-refractivity contribution in [3.05, 3.63) is 0 Å². The Morgan fingerprint density at radius 2 is 0.889 bits per heavy atom. The van der Waals surface area contributed by atoms with E-state index in [1.807, 2.05) is 0 Å². The van der Waals surface area contributed by atoms with Gasteiger partial charge in [-0.2, -0.15) is 0 Å². The van der Waals surface area contributed by atoms with Gasteiger partial charge in [0, 0.05) is 6.42 Å². The molecule has 0 saturated carbocycles. The van der Waals surface area contributed by atoms with Crippen LogP contribution in [0.25, 0.3) is 0 Å². The van der Waals surface area contributed by atoms with Gasteiger partial charge in [-0.15, -0.1) is 0 Å². The molecule has 0 aliphatic carbocycles. The highest BCUT2D eigenvalue weighted by Crippen LogP contribution is 2.15. The van der Waals surface area contributed by atoms with Crippen LogP contribution in [0.1, 0.15) is 181 Å². The largest absolute Gasteiger partial charge is 0.394 e. The number of amides is 1. The van der Waals surface area contributed by atoms with E-state index in [4.69, 9.17) is 0 Å². The molecule has 0 radical (unpaired) electrons. The maximum atomic E-state index is 12.2. The summed E-state index contributed by atoms with van der Waals surface area (Å²) in [6.45, 7) is 4.33. The molecule has 0 saturated heterocycles. The van der Waals surface area contributed by atoms with Gasteiger partial charge in [0.05, 0.1) is 18.8 Å². The van der Waals surface area contributed by atoms with Gasteiger partial charge in [-0.05, 0) is 12.8 Å². The van der Waals surface area contributed by atoms with Crippen molar-refractivity contribution in [2.24, 2.45) is 0 Å². The molecule has 0 aliphatic heterocycles. The van der Waals surface area contributed by atoms with Gasteiger partial charge in [0.1, 0.15) is 0 Å². The van der Waals surface area contributed by atoms with Crippen LogP contribution in [0.3, 0.4) is 0 Å². The summed E-state index contributed by atoms with van der Waals surface area (Å²) >= 11 is 0. The third-order valence-corrected chi connectivity index (χ3v) is 7.62. The lowest BCUT2D eigenvalue weighted by atomic mass is 10.0. The fourth-order valence-electron chi connectivity index (χ4n) is 5.06. The second-order valence-corrected chi connectivity index (χ2v) is 11.2. The van der Waals surface area contributed by atoms with E-state index in [0.717, 1.165) is 25.7 Å². The summed E-state index contributed by atoms with van der Waals surface area (Å²) in [4.78, 5) is 12.2. The van der Waals surface area contributed by atoms with Crippen molar-refractivity contribution in [2.45, 2.75) is 193 Å². The average Bonchev–Trinajstić information content (AvgIpc) is 2.88. The number of rotatable bonds is 29. The van der Waals surface area contributed by atoms with Crippen molar-refractivity contribution in [1.82, 2.24) is 5.32 Å². The molecular weight excluding hydrogens is 446 g/mol. The number of hydrogen-bond acceptors (Lipinski definition) is 3. The molecule has 4 heteroatoms. The Morgan fingerprint density at radius 1 is 0.556 bits per heavy atom. The molecular formula is C32H65NO3. The first-order valence-corrected chi connectivity index (χ1v) is 16.2. The van der Waals surface area contributed by atoms with Crippen LogP contribution >= 0.6 is 0 Å². The minimum Gasteiger partial charge on any atom is -0.394 e. The van der Waals surface area contributed by atoms with Crippen LogP contribution in [0, 0.1) is 0 Å². The van der Waals surface area contributed by atoms with E-state index in [2.05, 4.69) is 19.2 Å². The second-order valence-electron chi connectivity index (χ2n) is 11.2. The van der Waals surface area contributed by atoms with Gasteiger partial charge in [-0.25, -0.2) is 0 Å². The second kappa shape index (κ2) is 29.0. The maximum absolute atomic E-state index is 12.2. The molecule has 4 nitrogen and oxygen atoms in total. The molecule has 3 N–H and O–H groups in total. The molecule has 0 aliphatic rings. The smallest absolute Gasteiger partial charge is 0.220 e. The van der Waals surface area contributed by atoms with Crippen LogP contribution in [0.5, 0.6) is 0 Å². The Hall–Kier alpha value is -0.610. The quantitative estimate of drug-likeness (QED) is 0.0877. The zero-order valence-electron chi connectivity index (χ0n) is 24.5. The molecule has 0 spiro atoms. The summed E-state index contributed by atoms with van der Waals surface area (Å²) in [5.41, 5.74) is 0. The lowest BCUT2D eigenvalue weighted by Gasteiger charge is -2.22. The zero-order chi connectivity index (χ0) is 26.5. The van der Waals surface area contributed by atoms with Crippen LogP contribution < -0.4 is 5.32 Å². The van der Waals surface area contributed by atoms with Crippen LogP contribution in [0.4, 0.5) is 0 Å². The Balaban J connectivity index is 3.55. The fourth-order valence-corrected chi connectivity index (χ4v) is 5.06. The van der Waals surface area contributed by atoms with Crippen molar-refractivity contribution in [2.75, 3.05) is 6.61 Å². The van der Waals surface area contributed by atoms with Gasteiger partial charge < -0.3 is 15.5 Å². The first-order chi connectivity index (χ1) is 17.7. The highest BCUT2D eigenvalue weighted by molar-refractivity contribution is 5.76. The van der Waals surface area contributed by atoms with Crippen LogP contribution in [-0.4, -0.2) is 34.9 Å². The first-order valence-electron chi connectivity index (χ1n) is 16.2. The number of carbonyl (C=O) groups is 1. The number of nitrogens with one attached hydrogen (secondary N) is 1. The third-order valence-electron chi connectivity index (χ3n) is 7.62. The fraction of sp³-hybridized carbons (Fsp3) is 0.969. The van der Waals surface area contributed by atoms with E-state index in [-0.39, 0.29) is 12.5 Å². The van der Waals surface area contributed by atoms with Gasteiger partial charge >= 0.3 is 0 Å².